The van der Waals surface area contributed by atoms with Crippen molar-refractivity contribution in [2.45, 2.75) is 12.3 Å². The van der Waals surface area contributed by atoms with E-state index < -0.39 is 12.6 Å². The summed E-state index contributed by atoms with van der Waals surface area (Å²) >= 11 is 0. The molecule has 4 rings (SSSR count). The zero-order chi connectivity index (χ0) is 28.2. The molecule has 3 aromatic rings. The topological polar surface area (TPSA) is 151 Å². The molecule has 1 radical (unpaired) electrons. The van der Waals surface area contributed by atoms with E-state index in [1.54, 1.807) is 55.7 Å². The molecule has 2 aromatic heterocycles. The first kappa shape index (κ1) is 28.2. The van der Waals surface area contributed by atoms with Gasteiger partial charge in [0.1, 0.15) is 37.1 Å². The van der Waals surface area contributed by atoms with Gasteiger partial charge in [-0.2, -0.15) is 5.26 Å². The molecule has 0 bridgehead atoms. The Balaban J connectivity index is 1.72. The SMILES string of the molecule is COCCOc1nc(P(C)(C)=O)ccc1Nc1nccc(-c2cc(C#N)c3c(c2)[C@@](C)(CO)CN3[B]C=O)n1. The number of carbonyl (C=O) groups is 1. The number of nitrogens with zero attached hydrogens (tertiary/aromatic N) is 5. The Morgan fingerprint density at radius 3 is 2.74 bits per heavy atom. The van der Waals surface area contributed by atoms with Gasteiger partial charge in [-0.25, -0.2) is 15.0 Å². The number of ether oxygens (including phenoxy) is 2. The average Bonchev–Trinajstić information content (AvgIpc) is 3.21. The van der Waals surface area contributed by atoms with Crippen LogP contribution in [0, 0.1) is 11.3 Å². The molecule has 0 spiro atoms. The third-order valence-corrected chi connectivity index (χ3v) is 7.75. The summed E-state index contributed by atoms with van der Waals surface area (Å²) in [6.07, 6.45) is 2.25. The minimum absolute atomic E-state index is 0.161. The number of anilines is 3. The predicted octanol–water partition coefficient (Wildman–Crippen LogP) is 2.31. The summed E-state index contributed by atoms with van der Waals surface area (Å²) in [7, 11) is 0.313. The summed E-state index contributed by atoms with van der Waals surface area (Å²) in [5, 5.41) is 23.2. The summed E-state index contributed by atoms with van der Waals surface area (Å²) in [6.45, 7) is 5.96. The maximum atomic E-state index is 12.6. The lowest BCUT2D eigenvalue weighted by atomic mass is 9.83. The van der Waals surface area contributed by atoms with Crippen LogP contribution < -0.4 is 20.3 Å². The smallest absolute Gasteiger partial charge is 0.329 e. The van der Waals surface area contributed by atoms with Crippen LogP contribution in [0.3, 0.4) is 0 Å². The fourth-order valence-electron chi connectivity index (χ4n) is 4.37. The maximum absolute atomic E-state index is 12.6. The minimum Gasteiger partial charge on any atom is -0.474 e. The summed E-state index contributed by atoms with van der Waals surface area (Å²) in [5.41, 5.74) is 3.17. The summed E-state index contributed by atoms with van der Waals surface area (Å²) < 4.78 is 23.4. The van der Waals surface area contributed by atoms with E-state index in [2.05, 4.69) is 26.3 Å². The number of nitrogens with one attached hydrogen (secondary N) is 1. The van der Waals surface area contributed by atoms with Crippen molar-refractivity contribution in [2.75, 3.05) is 56.9 Å². The van der Waals surface area contributed by atoms with Crippen LogP contribution in [-0.2, 0) is 19.5 Å². The van der Waals surface area contributed by atoms with Crippen LogP contribution in [0.1, 0.15) is 18.1 Å². The van der Waals surface area contributed by atoms with Gasteiger partial charge in [-0.1, -0.05) is 6.92 Å². The van der Waals surface area contributed by atoms with E-state index in [-0.39, 0.29) is 25.0 Å². The third kappa shape index (κ3) is 5.96. The second-order valence-electron chi connectivity index (χ2n) is 9.77. The first-order valence-electron chi connectivity index (χ1n) is 12.2. The standard InChI is InChI=1S/C26H29BN6O5P/c1-26(15-34)14-33(27-16-35)23-18(13-28)11-17(12-19(23)26)20-7-8-29-25(30-20)31-21-5-6-22(39(3,4)36)32-24(21)38-10-9-37-2/h5-8,11-12,16,34H,9-10,14-15H2,1-4H3,(H,29,30,31)/t26-/m1/s1. The molecule has 2 N–H and O–H groups in total. The van der Waals surface area contributed by atoms with Crippen LogP contribution in [0.25, 0.3) is 11.3 Å². The van der Waals surface area contributed by atoms with Gasteiger partial charge in [-0.05, 0) is 49.2 Å². The molecule has 1 atom stereocenters. The number of rotatable bonds is 11. The highest BCUT2D eigenvalue weighted by atomic mass is 31.2. The summed E-state index contributed by atoms with van der Waals surface area (Å²) in [6, 6.07) is 10.9. The Morgan fingerprint density at radius 1 is 1.28 bits per heavy atom. The van der Waals surface area contributed by atoms with Crippen LogP contribution in [0.4, 0.5) is 17.3 Å². The van der Waals surface area contributed by atoms with Crippen molar-refractivity contribution in [3.8, 4) is 23.2 Å². The van der Waals surface area contributed by atoms with Gasteiger partial charge in [0.15, 0.2) is 0 Å². The number of hydrogen-bond acceptors (Lipinski definition) is 11. The molecule has 3 heterocycles. The van der Waals surface area contributed by atoms with Crippen LogP contribution in [-0.4, -0.2) is 80.5 Å². The zero-order valence-electron chi connectivity index (χ0n) is 22.2. The number of aliphatic hydroxyl groups excluding tert-OH is 1. The quantitative estimate of drug-likeness (QED) is 0.158. The Kier molecular flexibility index (Phi) is 8.35. The van der Waals surface area contributed by atoms with E-state index in [1.807, 2.05) is 13.0 Å². The Labute approximate surface area is 227 Å². The number of carbonyl (C=O) groups excluding carboxylic acids is 1. The molecule has 1 aliphatic rings. The van der Waals surface area contributed by atoms with E-state index in [9.17, 15) is 19.7 Å². The van der Waals surface area contributed by atoms with Crippen molar-refractivity contribution in [3.05, 3.63) is 47.7 Å². The van der Waals surface area contributed by atoms with E-state index in [0.29, 0.717) is 53.0 Å². The molecular formula is C26H29BN6O5P. The number of methoxy groups -OCH3 is 1. The molecule has 13 heteroatoms. The number of fused-ring (bicyclic) bond motifs is 1. The fourth-order valence-corrected chi connectivity index (χ4v) is 5.14. The zero-order valence-corrected chi connectivity index (χ0v) is 23.1. The molecule has 0 unspecified atom stereocenters. The van der Waals surface area contributed by atoms with Crippen molar-refractivity contribution in [1.82, 2.24) is 15.0 Å². The highest BCUT2D eigenvalue weighted by Gasteiger charge is 2.40. The van der Waals surface area contributed by atoms with Crippen molar-refractivity contribution >= 4 is 43.5 Å². The van der Waals surface area contributed by atoms with Crippen LogP contribution >= 0.6 is 7.14 Å². The number of aliphatic hydroxyl groups is 1. The van der Waals surface area contributed by atoms with Crippen molar-refractivity contribution < 1.29 is 23.9 Å². The highest BCUT2D eigenvalue weighted by Crippen LogP contribution is 2.44. The van der Waals surface area contributed by atoms with Gasteiger partial charge in [-0.3, -0.25) is 0 Å². The van der Waals surface area contributed by atoms with Gasteiger partial charge in [-0.15, -0.1) is 0 Å². The largest absolute Gasteiger partial charge is 0.474 e. The lowest BCUT2D eigenvalue weighted by Gasteiger charge is -2.23. The average molecular weight is 547 g/mol. The second kappa shape index (κ2) is 11.5. The normalized spacial score (nSPS) is 16.4. The number of benzene rings is 1. The molecule has 0 saturated heterocycles. The van der Waals surface area contributed by atoms with Gasteiger partial charge in [0.25, 0.3) is 0 Å². The van der Waals surface area contributed by atoms with Gasteiger partial charge >= 0.3 is 7.41 Å². The van der Waals surface area contributed by atoms with Crippen molar-refractivity contribution in [3.63, 3.8) is 0 Å². The molecule has 0 fully saturated rings. The molecule has 0 saturated carbocycles. The second-order valence-corrected chi connectivity index (χ2v) is 12.9. The third-order valence-electron chi connectivity index (χ3n) is 6.40. The summed E-state index contributed by atoms with van der Waals surface area (Å²) in [5.74, 6) is 0.506. The van der Waals surface area contributed by atoms with Gasteiger partial charge in [0, 0.05) is 36.5 Å². The summed E-state index contributed by atoms with van der Waals surface area (Å²) in [4.78, 5) is 26.3. The number of aromatic nitrogens is 3. The molecular weight excluding hydrogens is 518 g/mol. The van der Waals surface area contributed by atoms with E-state index in [0.717, 1.165) is 5.56 Å². The van der Waals surface area contributed by atoms with Crippen LogP contribution in [0.15, 0.2) is 36.5 Å². The molecule has 0 aliphatic carbocycles. The number of pyridine rings is 1. The van der Waals surface area contributed by atoms with Crippen LogP contribution in [0.5, 0.6) is 5.88 Å². The molecule has 11 nitrogen and oxygen atoms in total. The van der Waals surface area contributed by atoms with E-state index in [1.165, 1.54) is 7.41 Å². The highest BCUT2D eigenvalue weighted by molar-refractivity contribution is 7.69. The first-order chi connectivity index (χ1) is 18.6. The molecule has 1 aromatic carbocycles. The van der Waals surface area contributed by atoms with E-state index >= 15 is 0 Å². The van der Waals surface area contributed by atoms with Crippen molar-refractivity contribution in [1.29, 1.82) is 5.26 Å². The Bertz CT molecular complexity index is 1480. The predicted molar refractivity (Wildman–Crippen MR) is 150 cm³/mol. The fraction of sp³-hybridized carbons (Fsp3) is 0.346. The minimum atomic E-state index is -2.62. The lowest BCUT2D eigenvalue weighted by molar-refractivity contribution is 0.144. The van der Waals surface area contributed by atoms with Crippen LogP contribution in [0.2, 0.25) is 0 Å². The number of hydrogen-bond donors (Lipinski definition) is 2. The first-order valence-corrected chi connectivity index (χ1v) is 14.8. The maximum Gasteiger partial charge on any atom is 0.329 e. The molecule has 201 valence electrons. The van der Waals surface area contributed by atoms with Crippen molar-refractivity contribution in [2.24, 2.45) is 0 Å². The molecule has 39 heavy (non-hydrogen) atoms. The van der Waals surface area contributed by atoms with E-state index in [4.69, 9.17) is 9.47 Å². The monoisotopic (exact) mass is 547 g/mol. The molecule has 0 amide bonds. The van der Waals surface area contributed by atoms with Gasteiger partial charge < -0.3 is 34.1 Å². The van der Waals surface area contributed by atoms with Gasteiger partial charge in [0.2, 0.25) is 11.8 Å². The van der Waals surface area contributed by atoms with Gasteiger partial charge in [0.05, 0.1) is 24.5 Å². The Morgan fingerprint density at radius 2 is 2.08 bits per heavy atom. The number of nitriles is 1. The molecule has 1 aliphatic heterocycles. The Hall–Kier alpha value is -3.78. The lowest BCUT2D eigenvalue weighted by Crippen LogP contribution is -2.36.